The molecule has 0 atom stereocenters. The van der Waals surface area contributed by atoms with Gasteiger partial charge in [-0.3, -0.25) is 9.59 Å². The Bertz CT molecular complexity index is 1540. The van der Waals surface area contributed by atoms with Crippen LogP contribution in [0.1, 0.15) is 22.5 Å². The second kappa shape index (κ2) is 6.84. The van der Waals surface area contributed by atoms with Crippen LogP contribution in [0.4, 0.5) is 0 Å². The Labute approximate surface area is 178 Å². The molecule has 0 aliphatic carbocycles. The minimum absolute atomic E-state index is 0.0461. The van der Waals surface area contributed by atoms with Crippen LogP contribution >= 0.6 is 0 Å². The Hall–Kier alpha value is -3.86. The number of hydrogen-bond acceptors (Lipinski definition) is 2. The third kappa shape index (κ3) is 2.77. The van der Waals surface area contributed by atoms with E-state index in [-0.39, 0.29) is 11.3 Å². The van der Waals surface area contributed by atoms with Crippen LogP contribution in [-0.2, 0) is 13.1 Å². The number of rotatable bonds is 1. The Morgan fingerprint density at radius 2 is 1.68 bits per heavy atom. The van der Waals surface area contributed by atoms with Gasteiger partial charge in [0.2, 0.25) is 0 Å². The number of nitrogens with zero attached hydrogens (tertiary/aromatic N) is 2. The minimum Gasteiger partial charge on any atom is -0.354 e. The molecule has 1 aliphatic rings. The van der Waals surface area contributed by atoms with Crippen LogP contribution < -0.4 is 5.43 Å². The molecule has 5 aromatic rings. The van der Waals surface area contributed by atoms with Crippen molar-refractivity contribution in [1.29, 1.82) is 0 Å². The quantitative estimate of drug-likeness (QED) is 0.410. The van der Waals surface area contributed by atoms with Crippen LogP contribution in [-0.4, -0.2) is 26.9 Å². The lowest BCUT2D eigenvalue weighted by Crippen LogP contribution is -2.31. The molecule has 1 amide bonds. The molecule has 0 fully saturated rings. The van der Waals surface area contributed by atoms with Crippen molar-refractivity contribution in [3.63, 3.8) is 0 Å². The number of pyridine rings is 1. The topological polar surface area (TPSA) is 58.1 Å². The van der Waals surface area contributed by atoms with Crippen LogP contribution in [0, 0.1) is 0 Å². The zero-order valence-corrected chi connectivity index (χ0v) is 17.0. The highest BCUT2D eigenvalue weighted by molar-refractivity contribution is 6.07. The second-order valence-electron chi connectivity index (χ2n) is 8.15. The number of hydrogen-bond donors (Lipinski definition) is 1. The molecule has 31 heavy (non-hydrogen) atoms. The van der Waals surface area contributed by atoms with Crippen LogP contribution in [0.5, 0.6) is 0 Å². The number of carbonyl (C=O) groups excluding carboxylic acids is 1. The summed E-state index contributed by atoms with van der Waals surface area (Å²) < 4.78 is 2.32. The van der Waals surface area contributed by atoms with Crippen LogP contribution in [0.3, 0.4) is 0 Å². The van der Waals surface area contributed by atoms with Gasteiger partial charge < -0.3 is 14.5 Å². The molecule has 3 aromatic carbocycles. The smallest absolute Gasteiger partial charge is 0.256 e. The molecule has 1 aliphatic heterocycles. The van der Waals surface area contributed by atoms with E-state index in [1.54, 1.807) is 12.1 Å². The normalized spacial score (nSPS) is 14.1. The van der Waals surface area contributed by atoms with Gasteiger partial charge in [-0.15, -0.1) is 0 Å². The van der Waals surface area contributed by atoms with E-state index in [1.165, 1.54) is 10.9 Å². The summed E-state index contributed by atoms with van der Waals surface area (Å²) in [5, 5.41) is 2.39. The van der Waals surface area contributed by atoms with E-state index in [1.807, 2.05) is 41.3 Å². The van der Waals surface area contributed by atoms with Crippen molar-refractivity contribution in [1.82, 2.24) is 14.5 Å². The molecule has 0 saturated heterocycles. The standard InChI is InChI=1S/C26H21N3O2/c30-25-19-8-2-3-11-22(19)27-24-20(25)9-5-10-21(24)26(31)28-13-6-14-29-18(16-28)15-17-7-1-4-12-23(17)29/h1-5,7-12,15H,6,13-14,16H2,(H,27,30). The van der Waals surface area contributed by atoms with Gasteiger partial charge in [-0.2, -0.15) is 0 Å². The molecule has 152 valence electrons. The van der Waals surface area contributed by atoms with E-state index in [0.29, 0.717) is 34.9 Å². The van der Waals surface area contributed by atoms with E-state index >= 15 is 0 Å². The second-order valence-corrected chi connectivity index (χ2v) is 8.15. The van der Waals surface area contributed by atoms with Crippen molar-refractivity contribution < 1.29 is 4.79 Å². The molecule has 2 aromatic heterocycles. The lowest BCUT2D eigenvalue weighted by Gasteiger charge is -2.21. The van der Waals surface area contributed by atoms with E-state index in [9.17, 15) is 9.59 Å². The van der Waals surface area contributed by atoms with Gasteiger partial charge in [-0.25, -0.2) is 0 Å². The highest BCUT2D eigenvalue weighted by Crippen LogP contribution is 2.26. The number of H-pyrrole nitrogens is 1. The monoisotopic (exact) mass is 407 g/mol. The number of aromatic amines is 1. The Morgan fingerprint density at radius 3 is 2.61 bits per heavy atom. The molecule has 6 rings (SSSR count). The number of amides is 1. The predicted octanol–water partition coefficient (Wildman–Crippen LogP) is 4.68. The van der Waals surface area contributed by atoms with Crippen molar-refractivity contribution in [3.05, 3.63) is 94.3 Å². The van der Waals surface area contributed by atoms with E-state index in [0.717, 1.165) is 24.2 Å². The summed E-state index contributed by atoms with van der Waals surface area (Å²) in [6.45, 7) is 2.13. The molecular weight excluding hydrogens is 386 g/mol. The first-order chi connectivity index (χ1) is 15.2. The van der Waals surface area contributed by atoms with Crippen LogP contribution in [0.2, 0.25) is 0 Å². The number of aromatic nitrogens is 2. The first-order valence-corrected chi connectivity index (χ1v) is 10.6. The molecule has 0 saturated carbocycles. The fraction of sp³-hybridized carbons (Fsp3) is 0.154. The molecule has 0 radical (unpaired) electrons. The van der Waals surface area contributed by atoms with Gasteiger partial charge >= 0.3 is 0 Å². The fourth-order valence-corrected chi connectivity index (χ4v) is 4.82. The third-order valence-electron chi connectivity index (χ3n) is 6.32. The molecule has 0 spiro atoms. The maximum atomic E-state index is 13.6. The average molecular weight is 407 g/mol. The summed E-state index contributed by atoms with van der Waals surface area (Å²) in [6, 6.07) is 23.4. The Balaban J connectivity index is 1.46. The van der Waals surface area contributed by atoms with Crippen molar-refractivity contribution >= 4 is 38.6 Å². The Morgan fingerprint density at radius 1 is 0.871 bits per heavy atom. The van der Waals surface area contributed by atoms with Crippen molar-refractivity contribution in [2.24, 2.45) is 0 Å². The number of fused-ring (bicyclic) bond motifs is 5. The van der Waals surface area contributed by atoms with Gasteiger partial charge in [0, 0.05) is 40.6 Å². The number of nitrogens with one attached hydrogen (secondary N) is 1. The average Bonchev–Trinajstić information content (AvgIpc) is 3.01. The van der Waals surface area contributed by atoms with E-state index < -0.39 is 0 Å². The minimum atomic E-state index is -0.0463. The lowest BCUT2D eigenvalue weighted by atomic mass is 10.1. The maximum absolute atomic E-state index is 13.6. The molecule has 5 heteroatoms. The first kappa shape index (κ1) is 18.0. The zero-order chi connectivity index (χ0) is 20.9. The molecule has 1 N–H and O–H groups in total. The maximum Gasteiger partial charge on any atom is 0.256 e. The lowest BCUT2D eigenvalue weighted by molar-refractivity contribution is 0.0747. The summed E-state index contributed by atoms with van der Waals surface area (Å²) in [5.74, 6) is -0.0461. The third-order valence-corrected chi connectivity index (χ3v) is 6.32. The van der Waals surface area contributed by atoms with Crippen LogP contribution in [0.25, 0.3) is 32.7 Å². The van der Waals surface area contributed by atoms with E-state index in [4.69, 9.17) is 0 Å². The van der Waals surface area contributed by atoms with Crippen LogP contribution in [0.15, 0.2) is 77.6 Å². The summed E-state index contributed by atoms with van der Waals surface area (Å²) in [6.07, 6.45) is 0.891. The summed E-state index contributed by atoms with van der Waals surface area (Å²) in [4.78, 5) is 31.9. The Kier molecular flexibility index (Phi) is 3.96. The summed E-state index contributed by atoms with van der Waals surface area (Å²) in [5.41, 5.74) is 4.22. The molecule has 3 heterocycles. The van der Waals surface area contributed by atoms with Gasteiger partial charge in [0.15, 0.2) is 5.43 Å². The van der Waals surface area contributed by atoms with Gasteiger partial charge in [0.1, 0.15) is 0 Å². The highest BCUT2D eigenvalue weighted by Gasteiger charge is 2.23. The van der Waals surface area contributed by atoms with Gasteiger partial charge in [-0.05, 0) is 48.2 Å². The van der Waals surface area contributed by atoms with Gasteiger partial charge in [0.25, 0.3) is 5.91 Å². The molecule has 0 bridgehead atoms. The van der Waals surface area contributed by atoms with Crippen molar-refractivity contribution in [2.75, 3.05) is 6.54 Å². The number of aryl methyl sites for hydroxylation is 1. The zero-order valence-electron chi connectivity index (χ0n) is 17.0. The predicted molar refractivity (Wildman–Crippen MR) is 123 cm³/mol. The van der Waals surface area contributed by atoms with Crippen molar-refractivity contribution in [2.45, 2.75) is 19.5 Å². The molecule has 0 unspecified atom stereocenters. The largest absolute Gasteiger partial charge is 0.354 e. The van der Waals surface area contributed by atoms with Gasteiger partial charge in [0.05, 0.1) is 17.6 Å². The van der Waals surface area contributed by atoms with Crippen molar-refractivity contribution in [3.8, 4) is 0 Å². The highest BCUT2D eigenvalue weighted by atomic mass is 16.2. The number of benzene rings is 3. The summed E-state index contributed by atoms with van der Waals surface area (Å²) >= 11 is 0. The summed E-state index contributed by atoms with van der Waals surface area (Å²) in [7, 11) is 0. The SMILES string of the molecule is O=C(c1cccc2c(=O)c3ccccc3[nH]c12)N1CCCn2c(cc3ccccc32)C1. The van der Waals surface area contributed by atoms with E-state index in [2.05, 4.69) is 33.8 Å². The number of carbonyl (C=O) groups is 1. The first-order valence-electron chi connectivity index (χ1n) is 10.6. The molecular formula is C26H21N3O2. The van der Waals surface area contributed by atoms with Gasteiger partial charge in [-0.1, -0.05) is 36.4 Å². The fourth-order valence-electron chi connectivity index (χ4n) is 4.82. The number of para-hydroxylation sites is 3. The molecule has 5 nitrogen and oxygen atoms in total.